The molecule has 5 nitrogen and oxygen atoms in total. The Labute approximate surface area is 115 Å². The average Bonchev–Trinajstić information content (AvgIpc) is 2.71. The average molecular weight is 288 g/mol. The number of likely N-dealkylation sites (tertiary alicyclic amines) is 1. The summed E-state index contributed by atoms with van der Waals surface area (Å²) < 4.78 is 4.81. The maximum Gasteiger partial charge on any atom is 0.239 e. The van der Waals surface area contributed by atoms with E-state index in [0.29, 0.717) is 6.54 Å². The largest absolute Gasteiger partial charge is 0.383 e. The molecule has 0 aromatic heterocycles. The van der Waals surface area contributed by atoms with Crippen LogP contribution in [0.4, 0.5) is 0 Å². The van der Waals surface area contributed by atoms with Crippen LogP contribution in [-0.2, 0) is 9.53 Å². The quantitative estimate of drug-likeness (QED) is 0.723. The first-order valence-corrected chi connectivity index (χ1v) is 5.48. The maximum atomic E-state index is 11.4. The second kappa shape index (κ2) is 11.0. The first kappa shape index (κ1) is 19.3. The molecule has 1 fully saturated rings. The van der Waals surface area contributed by atoms with Gasteiger partial charge in [0, 0.05) is 20.2 Å². The summed E-state index contributed by atoms with van der Waals surface area (Å²) in [7, 11) is 1.54. The fourth-order valence-corrected chi connectivity index (χ4v) is 1.73. The van der Waals surface area contributed by atoms with Gasteiger partial charge < -0.3 is 20.7 Å². The highest BCUT2D eigenvalue weighted by atomic mass is 35.5. The summed E-state index contributed by atoms with van der Waals surface area (Å²) in [5, 5.41) is 2.81. The predicted molar refractivity (Wildman–Crippen MR) is 73.0 cm³/mol. The van der Waals surface area contributed by atoms with Gasteiger partial charge in [0.2, 0.25) is 5.91 Å². The number of hydrogen-bond acceptors (Lipinski definition) is 4. The Morgan fingerprint density at radius 3 is 2.53 bits per heavy atom. The molecule has 104 valence electrons. The van der Waals surface area contributed by atoms with Gasteiger partial charge in [0.25, 0.3) is 0 Å². The lowest BCUT2D eigenvalue weighted by Crippen LogP contribution is -2.45. The molecule has 1 atom stereocenters. The lowest BCUT2D eigenvalue weighted by Gasteiger charge is -2.16. The molecule has 17 heavy (non-hydrogen) atoms. The van der Waals surface area contributed by atoms with Crippen molar-refractivity contribution in [2.45, 2.75) is 18.9 Å². The fraction of sp³-hybridized carbons (Fsp3) is 0.900. The third kappa shape index (κ3) is 7.78. The molecule has 3 N–H and O–H groups in total. The van der Waals surface area contributed by atoms with Crippen LogP contribution in [0, 0.1) is 0 Å². The summed E-state index contributed by atoms with van der Waals surface area (Å²) >= 11 is 0. The van der Waals surface area contributed by atoms with E-state index in [4.69, 9.17) is 10.5 Å². The molecule has 1 amide bonds. The van der Waals surface area contributed by atoms with E-state index in [1.165, 1.54) is 20.0 Å². The normalized spacial score (nSPS) is 16.8. The SMILES string of the molecule is COCC(N)C(=O)NCCN1CCCC1.Cl.Cl. The summed E-state index contributed by atoms with van der Waals surface area (Å²) in [6.45, 7) is 4.18. The molecule has 1 aliphatic heterocycles. The third-order valence-electron chi connectivity index (χ3n) is 2.61. The van der Waals surface area contributed by atoms with Gasteiger partial charge in [0.05, 0.1) is 6.61 Å². The topological polar surface area (TPSA) is 67.6 Å². The van der Waals surface area contributed by atoms with Gasteiger partial charge in [-0.05, 0) is 25.9 Å². The highest BCUT2D eigenvalue weighted by Gasteiger charge is 2.14. The number of amides is 1. The summed E-state index contributed by atoms with van der Waals surface area (Å²) in [6, 6.07) is -0.548. The van der Waals surface area contributed by atoms with Crippen molar-refractivity contribution in [1.82, 2.24) is 10.2 Å². The molecular weight excluding hydrogens is 265 g/mol. The monoisotopic (exact) mass is 287 g/mol. The molecule has 1 aliphatic rings. The number of hydrogen-bond donors (Lipinski definition) is 2. The van der Waals surface area contributed by atoms with E-state index in [0.717, 1.165) is 19.6 Å². The smallest absolute Gasteiger partial charge is 0.239 e. The highest BCUT2D eigenvalue weighted by Crippen LogP contribution is 2.05. The van der Waals surface area contributed by atoms with E-state index in [2.05, 4.69) is 10.2 Å². The molecule has 7 heteroatoms. The third-order valence-corrected chi connectivity index (χ3v) is 2.61. The molecule has 0 aliphatic carbocycles. The van der Waals surface area contributed by atoms with Gasteiger partial charge in [0.1, 0.15) is 6.04 Å². The van der Waals surface area contributed by atoms with Gasteiger partial charge in [-0.3, -0.25) is 4.79 Å². The summed E-state index contributed by atoms with van der Waals surface area (Å²) in [4.78, 5) is 13.7. The first-order valence-electron chi connectivity index (χ1n) is 5.48. The Balaban J connectivity index is 0. The molecule has 0 saturated carbocycles. The van der Waals surface area contributed by atoms with E-state index < -0.39 is 6.04 Å². The Bertz CT molecular complexity index is 202. The van der Waals surface area contributed by atoms with Crippen molar-refractivity contribution in [3.05, 3.63) is 0 Å². The minimum absolute atomic E-state index is 0. The number of ether oxygens (including phenoxy) is 1. The van der Waals surface area contributed by atoms with Crippen LogP contribution >= 0.6 is 24.8 Å². The van der Waals surface area contributed by atoms with Gasteiger partial charge in [-0.2, -0.15) is 0 Å². The molecule has 1 heterocycles. The van der Waals surface area contributed by atoms with Crippen LogP contribution < -0.4 is 11.1 Å². The second-order valence-corrected chi connectivity index (χ2v) is 3.90. The van der Waals surface area contributed by atoms with E-state index in [1.807, 2.05) is 0 Å². The molecule has 0 spiro atoms. The molecule has 1 saturated heterocycles. The van der Waals surface area contributed by atoms with Crippen molar-refractivity contribution < 1.29 is 9.53 Å². The van der Waals surface area contributed by atoms with Crippen LogP contribution in [0.5, 0.6) is 0 Å². The van der Waals surface area contributed by atoms with Gasteiger partial charge in [0.15, 0.2) is 0 Å². The standard InChI is InChI=1S/C10H21N3O2.2ClH/c1-15-8-9(11)10(14)12-4-7-13-5-2-3-6-13;;/h9H,2-8,11H2,1H3,(H,12,14);2*1H. The van der Waals surface area contributed by atoms with E-state index in [9.17, 15) is 4.79 Å². The van der Waals surface area contributed by atoms with Crippen LogP contribution in [0.2, 0.25) is 0 Å². The molecule has 0 radical (unpaired) electrons. The minimum atomic E-state index is -0.548. The zero-order valence-corrected chi connectivity index (χ0v) is 11.8. The van der Waals surface area contributed by atoms with Crippen LogP contribution in [0.25, 0.3) is 0 Å². The number of nitrogens with one attached hydrogen (secondary N) is 1. The molecule has 0 bridgehead atoms. The zero-order valence-electron chi connectivity index (χ0n) is 10.2. The summed E-state index contributed by atoms with van der Waals surface area (Å²) in [6.07, 6.45) is 2.55. The Morgan fingerprint density at radius 1 is 1.41 bits per heavy atom. The van der Waals surface area contributed by atoms with Crippen LogP contribution in [0.15, 0.2) is 0 Å². The Morgan fingerprint density at radius 2 is 2.00 bits per heavy atom. The highest BCUT2D eigenvalue weighted by molar-refractivity contribution is 5.85. The van der Waals surface area contributed by atoms with Crippen molar-refractivity contribution in [2.24, 2.45) is 5.73 Å². The Kier molecular flexibility index (Phi) is 12.5. The van der Waals surface area contributed by atoms with E-state index >= 15 is 0 Å². The summed E-state index contributed by atoms with van der Waals surface area (Å²) in [5.74, 6) is -0.129. The number of rotatable bonds is 6. The number of nitrogens with zero attached hydrogens (tertiary/aromatic N) is 1. The van der Waals surface area contributed by atoms with Crippen LogP contribution in [0.3, 0.4) is 0 Å². The predicted octanol–water partition coefficient (Wildman–Crippen LogP) is 0.0157. The van der Waals surface area contributed by atoms with Crippen LogP contribution in [-0.4, -0.2) is 56.7 Å². The summed E-state index contributed by atoms with van der Waals surface area (Å²) in [5.41, 5.74) is 5.57. The Hall–Kier alpha value is -0.0700. The number of methoxy groups -OCH3 is 1. The van der Waals surface area contributed by atoms with E-state index in [1.54, 1.807) is 0 Å². The fourth-order valence-electron chi connectivity index (χ4n) is 1.73. The zero-order chi connectivity index (χ0) is 11.1. The minimum Gasteiger partial charge on any atom is -0.383 e. The van der Waals surface area contributed by atoms with Gasteiger partial charge in [-0.25, -0.2) is 0 Å². The van der Waals surface area contributed by atoms with Gasteiger partial charge in [-0.1, -0.05) is 0 Å². The van der Waals surface area contributed by atoms with Crippen LogP contribution in [0.1, 0.15) is 12.8 Å². The van der Waals surface area contributed by atoms with Gasteiger partial charge in [-0.15, -0.1) is 24.8 Å². The van der Waals surface area contributed by atoms with Crippen molar-refractivity contribution >= 4 is 30.7 Å². The molecule has 1 rings (SSSR count). The van der Waals surface area contributed by atoms with E-state index in [-0.39, 0.29) is 37.3 Å². The maximum absolute atomic E-state index is 11.4. The van der Waals surface area contributed by atoms with Crippen molar-refractivity contribution in [1.29, 1.82) is 0 Å². The second-order valence-electron chi connectivity index (χ2n) is 3.90. The molecule has 0 aromatic rings. The molecule has 0 aromatic carbocycles. The van der Waals surface area contributed by atoms with Gasteiger partial charge >= 0.3 is 0 Å². The number of halogens is 2. The van der Waals surface area contributed by atoms with Crippen molar-refractivity contribution in [3.8, 4) is 0 Å². The first-order chi connectivity index (χ1) is 7.24. The lowest BCUT2D eigenvalue weighted by atomic mass is 10.3. The number of carbonyl (C=O) groups is 1. The van der Waals surface area contributed by atoms with Crippen molar-refractivity contribution in [3.63, 3.8) is 0 Å². The molecule has 1 unspecified atom stereocenters. The van der Waals surface area contributed by atoms with Crippen molar-refractivity contribution in [2.75, 3.05) is 39.9 Å². The molecular formula is C10H23Cl2N3O2. The number of carbonyl (C=O) groups excluding carboxylic acids is 1. The number of nitrogens with two attached hydrogens (primary N) is 1. The lowest BCUT2D eigenvalue weighted by molar-refractivity contribution is -0.123.